The molecule has 1 aliphatic rings. The van der Waals surface area contributed by atoms with Crippen LogP contribution in [0, 0.1) is 5.92 Å². The highest BCUT2D eigenvalue weighted by molar-refractivity contribution is 5.79. The Labute approximate surface area is 153 Å². The van der Waals surface area contributed by atoms with Crippen LogP contribution in [0.5, 0.6) is 0 Å². The van der Waals surface area contributed by atoms with E-state index in [2.05, 4.69) is 59.6 Å². The standard InChI is InChI=1S/C20H25N5O/c1-19(2)11-13(12-20(3,4)25-19)9-15-6-8-16(22-21-15)14-5-7-17-18(10-14)24-26-23-17/h5-8,10,13,25H,9,11-12H2,1-4H3. The van der Waals surface area contributed by atoms with E-state index >= 15 is 0 Å². The molecule has 3 aromatic rings. The number of nitrogens with zero attached hydrogens (tertiary/aromatic N) is 4. The summed E-state index contributed by atoms with van der Waals surface area (Å²) in [4.78, 5) is 0. The summed E-state index contributed by atoms with van der Waals surface area (Å²) in [5, 5.41) is 20.4. The van der Waals surface area contributed by atoms with E-state index in [1.807, 2.05) is 24.3 Å². The first-order valence-electron chi connectivity index (χ1n) is 9.14. The number of rotatable bonds is 3. The van der Waals surface area contributed by atoms with Crippen LogP contribution in [0.4, 0.5) is 0 Å². The number of aromatic nitrogens is 4. The summed E-state index contributed by atoms with van der Waals surface area (Å²) in [5.41, 5.74) is 4.64. The summed E-state index contributed by atoms with van der Waals surface area (Å²) in [5.74, 6) is 0.610. The highest BCUT2D eigenvalue weighted by atomic mass is 16.6. The summed E-state index contributed by atoms with van der Waals surface area (Å²) in [6.45, 7) is 9.13. The number of hydrogen-bond acceptors (Lipinski definition) is 6. The van der Waals surface area contributed by atoms with Crippen LogP contribution >= 0.6 is 0 Å². The van der Waals surface area contributed by atoms with Gasteiger partial charge >= 0.3 is 0 Å². The molecule has 0 radical (unpaired) electrons. The summed E-state index contributed by atoms with van der Waals surface area (Å²) in [7, 11) is 0. The van der Waals surface area contributed by atoms with E-state index in [-0.39, 0.29) is 11.1 Å². The summed E-state index contributed by atoms with van der Waals surface area (Å²) >= 11 is 0. The molecule has 0 amide bonds. The maximum Gasteiger partial charge on any atom is 0.135 e. The molecule has 3 heterocycles. The molecule has 1 aliphatic heterocycles. The van der Waals surface area contributed by atoms with E-state index in [0.717, 1.165) is 47.2 Å². The molecule has 4 rings (SSSR count). The van der Waals surface area contributed by atoms with Gasteiger partial charge in [0.1, 0.15) is 11.0 Å². The third-order valence-corrected chi connectivity index (χ3v) is 5.04. The molecule has 0 aliphatic carbocycles. The Kier molecular flexibility index (Phi) is 4.03. The van der Waals surface area contributed by atoms with Crippen molar-refractivity contribution in [2.24, 2.45) is 5.92 Å². The molecule has 1 aromatic carbocycles. The molecule has 26 heavy (non-hydrogen) atoms. The Morgan fingerprint density at radius 1 is 0.962 bits per heavy atom. The molecule has 0 bridgehead atoms. The Bertz CT molecular complexity index is 897. The van der Waals surface area contributed by atoms with Crippen LogP contribution in [0.15, 0.2) is 35.0 Å². The molecule has 1 fully saturated rings. The molecule has 0 spiro atoms. The second-order valence-electron chi connectivity index (χ2n) is 8.75. The summed E-state index contributed by atoms with van der Waals surface area (Å²) in [6.07, 6.45) is 3.26. The van der Waals surface area contributed by atoms with Crippen LogP contribution in [0.3, 0.4) is 0 Å². The fraction of sp³-hybridized carbons (Fsp3) is 0.500. The van der Waals surface area contributed by atoms with Crippen molar-refractivity contribution in [3.63, 3.8) is 0 Å². The average molecular weight is 351 g/mol. The van der Waals surface area contributed by atoms with E-state index in [9.17, 15) is 0 Å². The molecule has 6 heteroatoms. The maximum absolute atomic E-state index is 4.75. The first-order chi connectivity index (χ1) is 12.3. The Morgan fingerprint density at radius 2 is 1.69 bits per heavy atom. The van der Waals surface area contributed by atoms with Crippen molar-refractivity contribution in [3.8, 4) is 11.3 Å². The SMILES string of the molecule is CC1(C)CC(Cc2ccc(-c3ccc4nonc4c3)nn2)CC(C)(C)N1. The van der Waals surface area contributed by atoms with E-state index in [1.54, 1.807) is 0 Å². The van der Waals surface area contributed by atoms with Gasteiger partial charge in [-0.3, -0.25) is 0 Å². The lowest BCUT2D eigenvalue weighted by molar-refractivity contribution is 0.128. The molecule has 136 valence electrons. The minimum absolute atomic E-state index is 0.154. The molecule has 0 saturated carbocycles. The minimum atomic E-state index is 0.154. The highest BCUT2D eigenvalue weighted by Crippen LogP contribution is 2.34. The Hall–Kier alpha value is -2.34. The zero-order chi connectivity index (χ0) is 18.4. The molecule has 2 aromatic heterocycles. The Morgan fingerprint density at radius 3 is 2.38 bits per heavy atom. The van der Waals surface area contributed by atoms with Gasteiger partial charge in [-0.2, -0.15) is 10.2 Å². The van der Waals surface area contributed by atoms with Gasteiger partial charge in [0, 0.05) is 16.6 Å². The monoisotopic (exact) mass is 351 g/mol. The molecular formula is C20H25N5O. The van der Waals surface area contributed by atoms with Crippen LogP contribution in [-0.4, -0.2) is 31.6 Å². The van der Waals surface area contributed by atoms with Crippen molar-refractivity contribution >= 4 is 11.0 Å². The normalized spacial score (nSPS) is 19.7. The highest BCUT2D eigenvalue weighted by Gasteiger charge is 2.37. The van der Waals surface area contributed by atoms with E-state index in [4.69, 9.17) is 4.63 Å². The molecule has 1 saturated heterocycles. The lowest BCUT2D eigenvalue weighted by Gasteiger charge is -2.46. The van der Waals surface area contributed by atoms with Gasteiger partial charge in [0.2, 0.25) is 0 Å². The second kappa shape index (κ2) is 6.13. The van der Waals surface area contributed by atoms with Crippen LogP contribution in [0.25, 0.3) is 22.3 Å². The quantitative estimate of drug-likeness (QED) is 0.774. The van der Waals surface area contributed by atoms with E-state index < -0.39 is 0 Å². The molecule has 1 N–H and O–H groups in total. The van der Waals surface area contributed by atoms with Crippen molar-refractivity contribution < 1.29 is 4.63 Å². The Balaban J connectivity index is 1.51. The summed E-state index contributed by atoms with van der Waals surface area (Å²) in [6, 6.07) is 9.90. The predicted octanol–water partition coefficient (Wildman–Crippen LogP) is 3.78. The zero-order valence-corrected chi connectivity index (χ0v) is 15.8. The molecule has 0 atom stereocenters. The van der Waals surface area contributed by atoms with Crippen molar-refractivity contribution in [3.05, 3.63) is 36.0 Å². The third-order valence-electron chi connectivity index (χ3n) is 5.04. The topological polar surface area (TPSA) is 76.7 Å². The predicted molar refractivity (Wildman–Crippen MR) is 101 cm³/mol. The van der Waals surface area contributed by atoms with Crippen LogP contribution in [0.2, 0.25) is 0 Å². The molecule has 6 nitrogen and oxygen atoms in total. The number of piperidine rings is 1. The lowest BCUT2D eigenvalue weighted by atomic mass is 9.74. The minimum Gasteiger partial charge on any atom is -0.307 e. The van der Waals surface area contributed by atoms with Crippen LogP contribution < -0.4 is 5.32 Å². The van der Waals surface area contributed by atoms with E-state index in [1.165, 1.54) is 0 Å². The van der Waals surface area contributed by atoms with Gasteiger partial charge in [-0.05, 0) is 87.5 Å². The lowest BCUT2D eigenvalue weighted by Crippen LogP contribution is -2.58. The fourth-order valence-electron chi connectivity index (χ4n) is 4.54. The third kappa shape index (κ3) is 3.60. The van der Waals surface area contributed by atoms with Crippen LogP contribution in [-0.2, 0) is 6.42 Å². The van der Waals surface area contributed by atoms with Crippen molar-refractivity contribution in [1.82, 2.24) is 25.8 Å². The van der Waals surface area contributed by atoms with E-state index in [0.29, 0.717) is 5.92 Å². The second-order valence-corrected chi connectivity index (χ2v) is 8.75. The average Bonchev–Trinajstić information content (AvgIpc) is 3.00. The van der Waals surface area contributed by atoms with Gasteiger partial charge in [0.25, 0.3) is 0 Å². The van der Waals surface area contributed by atoms with Crippen molar-refractivity contribution in [2.45, 2.75) is 58.0 Å². The van der Waals surface area contributed by atoms with Crippen LogP contribution in [0.1, 0.15) is 46.2 Å². The van der Waals surface area contributed by atoms with Gasteiger partial charge in [0.05, 0.1) is 11.4 Å². The smallest absolute Gasteiger partial charge is 0.135 e. The first-order valence-corrected chi connectivity index (χ1v) is 9.14. The van der Waals surface area contributed by atoms with Crippen molar-refractivity contribution in [1.29, 1.82) is 0 Å². The fourth-order valence-corrected chi connectivity index (χ4v) is 4.54. The van der Waals surface area contributed by atoms with Gasteiger partial charge in [-0.1, -0.05) is 6.07 Å². The summed E-state index contributed by atoms with van der Waals surface area (Å²) < 4.78 is 4.75. The zero-order valence-electron chi connectivity index (χ0n) is 15.8. The van der Waals surface area contributed by atoms with Gasteiger partial charge in [-0.15, -0.1) is 0 Å². The van der Waals surface area contributed by atoms with Gasteiger partial charge in [0.15, 0.2) is 0 Å². The van der Waals surface area contributed by atoms with Gasteiger partial charge in [-0.25, -0.2) is 4.63 Å². The number of benzene rings is 1. The number of nitrogens with one attached hydrogen (secondary N) is 1. The first kappa shape index (κ1) is 17.1. The largest absolute Gasteiger partial charge is 0.307 e. The van der Waals surface area contributed by atoms with Crippen molar-refractivity contribution in [2.75, 3.05) is 0 Å². The molecule has 0 unspecified atom stereocenters. The van der Waals surface area contributed by atoms with Gasteiger partial charge < -0.3 is 5.32 Å². The number of fused-ring (bicyclic) bond motifs is 1. The molecular weight excluding hydrogens is 326 g/mol. The number of hydrogen-bond donors (Lipinski definition) is 1. The maximum atomic E-state index is 4.75.